The van der Waals surface area contributed by atoms with E-state index in [2.05, 4.69) is 10.5 Å². The van der Waals surface area contributed by atoms with Crippen LogP contribution in [0.3, 0.4) is 0 Å². The lowest BCUT2D eigenvalue weighted by Gasteiger charge is -1.94. The molecule has 1 radical (unpaired) electrons. The van der Waals surface area contributed by atoms with Gasteiger partial charge in [0.15, 0.2) is 0 Å². The van der Waals surface area contributed by atoms with Crippen molar-refractivity contribution in [1.29, 1.82) is 0 Å². The van der Waals surface area contributed by atoms with Gasteiger partial charge in [0.2, 0.25) is 0 Å². The van der Waals surface area contributed by atoms with Gasteiger partial charge in [-0.1, -0.05) is 0 Å². The molecule has 47 valence electrons. The van der Waals surface area contributed by atoms with Crippen LogP contribution >= 0.6 is 0 Å². The van der Waals surface area contributed by atoms with E-state index in [0.29, 0.717) is 5.92 Å². The standard InChI is InChI=1S/C6H8N3/c7-5-3-8-9-6(5)4-1-2-4/h3-4H,1-2,7H2. The van der Waals surface area contributed by atoms with E-state index >= 15 is 0 Å². The third-order valence-electron chi connectivity index (χ3n) is 1.62. The van der Waals surface area contributed by atoms with Gasteiger partial charge >= 0.3 is 0 Å². The van der Waals surface area contributed by atoms with Gasteiger partial charge in [0.1, 0.15) is 0 Å². The van der Waals surface area contributed by atoms with Gasteiger partial charge in [-0.3, -0.25) is 0 Å². The van der Waals surface area contributed by atoms with Crippen molar-refractivity contribution in [1.82, 2.24) is 5.43 Å². The maximum Gasteiger partial charge on any atom is 0.0906 e. The van der Waals surface area contributed by atoms with E-state index in [-0.39, 0.29) is 0 Å². The van der Waals surface area contributed by atoms with Crippen LogP contribution in [0.4, 0.5) is 0 Å². The molecule has 0 spiro atoms. The Kier molecular flexibility index (Phi) is 0.806. The minimum atomic E-state index is 0.632. The second-order valence-electron chi connectivity index (χ2n) is 2.46. The molecule has 1 heterocycles. The molecule has 3 nitrogen and oxygen atoms in total. The molecule has 1 saturated carbocycles. The summed E-state index contributed by atoms with van der Waals surface area (Å²) in [4.78, 5) is 0. The van der Waals surface area contributed by atoms with Gasteiger partial charge in [-0.25, -0.2) is 0 Å². The second kappa shape index (κ2) is 1.50. The number of nitrogens with two attached hydrogens (primary N) is 1. The van der Waals surface area contributed by atoms with Crippen LogP contribution in [0, 0.1) is 5.92 Å². The molecule has 0 bridgehead atoms. The second-order valence-corrected chi connectivity index (χ2v) is 2.46. The Balaban J connectivity index is 2.19. The quantitative estimate of drug-likeness (QED) is 0.529. The zero-order chi connectivity index (χ0) is 6.27. The number of rotatable bonds is 1. The number of nitrogens with zero attached hydrogens (tertiary/aromatic N) is 2. The molecule has 0 atom stereocenters. The average Bonchev–Trinajstić information content (AvgIpc) is 2.58. The van der Waals surface area contributed by atoms with Crippen molar-refractivity contribution in [3.8, 4) is 0 Å². The van der Waals surface area contributed by atoms with Gasteiger partial charge < -0.3 is 5.73 Å². The molecule has 2 rings (SSSR count). The monoisotopic (exact) mass is 122 g/mol. The summed E-state index contributed by atoms with van der Waals surface area (Å²) in [6, 6.07) is 0. The van der Waals surface area contributed by atoms with Gasteiger partial charge in [-0.2, -0.15) is 10.5 Å². The molecule has 1 fully saturated rings. The smallest absolute Gasteiger partial charge is 0.0906 e. The third kappa shape index (κ3) is 0.686. The Hall–Kier alpha value is -0.990. The fraction of sp³-hybridized carbons (Fsp3) is 0.500. The maximum atomic E-state index is 5.56. The van der Waals surface area contributed by atoms with Crippen molar-refractivity contribution < 1.29 is 0 Å². The molecular formula is C6H8N3. The Bertz CT molecular complexity index is 188. The van der Waals surface area contributed by atoms with E-state index in [1.54, 1.807) is 6.21 Å². The number of allylic oxidation sites excluding steroid dienone is 2. The lowest BCUT2D eigenvalue weighted by molar-refractivity contribution is 0.789. The van der Waals surface area contributed by atoms with Gasteiger partial charge in [-0.15, -0.1) is 0 Å². The van der Waals surface area contributed by atoms with E-state index in [9.17, 15) is 0 Å². The lowest BCUT2D eigenvalue weighted by atomic mass is 10.2. The van der Waals surface area contributed by atoms with E-state index in [0.717, 1.165) is 11.4 Å². The van der Waals surface area contributed by atoms with Crippen LogP contribution in [-0.4, -0.2) is 6.21 Å². The highest BCUT2D eigenvalue weighted by Crippen LogP contribution is 2.37. The number of hydrogen-bond donors (Lipinski definition) is 1. The summed E-state index contributed by atoms with van der Waals surface area (Å²) >= 11 is 0. The van der Waals surface area contributed by atoms with Gasteiger partial charge in [0.25, 0.3) is 0 Å². The molecule has 2 N–H and O–H groups in total. The van der Waals surface area contributed by atoms with Crippen LogP contribution in [0.25, 0.3) is 0 Å². The van der Waals surface area contributed by atoms with Gasteiger partial charge in [0.05, 0.1) is 17.6 Å². The van der Waals surface area contributed by atoms with Gasteiger partial charge in [-0.05, 0) is 12.8 Å². The Morgan fingerprint density at radius 2 is 2.33 bits per heavy atom. The van der Waals surface area contributed by atoms with Crippen LogP contribution in [0.2, 0.25) is 0 Å². The fourth-order valence-electron chi connectivity index (χ4n) is 0.951. The van der Waals surface area contributed by atoms with Crippen LogP contribution in [-0.2, 0) is 0 Å². The van der Waals surface area contributed by atoms with E-state index in [1.165, 1.54) is 12.8 Å². The SMILES string of the molecule is NC1=C(C2CC2)[N]N=C1. The van der Waals surface area contributed by atoms with Crippen molar-refractivity contribution in [2.75, 3.05) is 0 Å². The Labute approximate surface area is 53.6 Å². The van der Waals surface area contributed by atoms with Crippen molar-refractivity contribution in [3.63, 3.8) is 0 Å². The molecule has 3 heteroatoms. The minimum Gasteiger partial charge on any atom is -0.396 e. The average molecular weight is 122 g/mol. The van der Waals surface area contributed by atoms with E-state index < -0.39 is 0 Å². The highest BCUT2D eigenvalue weighted by molar-refractivity contribution is 5.80. The molecule has 0 aromatic rings. The van der Waals surface area contributed by atoms with Crippen LogP contribution in [0.5, 0.6) is 0 Å². The molecule has 0 unspecified atom stereocenters. The van der Waals surface area contributed by atoms with Crippen molar-refractivity contribution in [2.45, 2.75) is 12.8 Å². The Morgan fingerprint density at radius 1 is 1.56 bits per heavy atom. The largest absolute Gasteiger partial charge is 0.396 e. The van der Waals surface area contributed by atoms with Gasteiger partial charge in [0, 0.05) is 5.92 Å². The summed E-state index contributed by atoms with van der Waals surface area (Å²) < 4.78 is 0. The molecule has 0 amide bonds. The summed E-state index contributed by atoms with van der Waals surface area (Å²) in [5.74, 6) is 0.632. The first-order chi connectivity index (χ1) is 4.38. The van der Waals surface area contributed by atoms with Crippen LogP contribution in [0.15, 0.2) is 16.5 Å². The van der Waals surface area contributed by atoms with Crippen molar-refractivity contribution >= 4 is 6.21 Å². The molecule has 0 aromatic carbocycles. The molecule has 0 aromatic heterocycles. The first-order valence-electron chi connectivity index (χ1n) is 3.11. The first kappa shape index (κ1) is 4.85. The van der Waals surface area contributed by atoms with Crippen molar-refractivity contribution in [3.05, 3.63) is 11.4 Å². The van der Waals surface area contributed by atoms with Crippen LogP contribution < -0.4 is 11.2 Å². The molecule has 2 aliphatic rings. The summed E-state index contributed by atoms with van der Waals surface area (Å²) in [5, 5.41) is 3.71. The summed E-state index contributed by atoms with van der Waals surface area (Å²) in [6.07, 6.45) is 4.10. The van der Waals surface area contributed by atoms with E-state index in [1.807, 2.05) is 0 Å². The topological polar surface area (TPSA) is 52.5 Å². The summed E-state index contributed by atoms with van der Waals surface area (Å²) in [5.41, 5.74) is 11.2. The fourth-order valence-corrected chi connectivity index (χ4v) is 0.951. The maximum absolute atomic E-state index is 5.56. The molecular weight excluding hydrogens is 114 g/mol. The molecule has 1 aliphatic heterocycles. The van der Waals surface area contributed by atoms with Crippen molar-refractivity contribution in [2.24, 2.45) is 16.8 Å². The highest BCUT2D eigenvalue weighted by atomic mass is 15.3. The summed E-state index contributed by atoms with van der Waals surface area (Å²) in [6.45, 7) is 0. The molecule has 9 heavy (non-hydrogen) atoms. The third-order valence-corrected chi connectivity index (χ3v) is 1.62. The lowest BCUT2D eigenvalue weighted by Crippen LogP contribution is -2.03. The minimum absolute atomic E-state index is 0.632. The zero-order valence-corrected chi connectivity index (χ0v) is 5.04. The molecule has 1 aliphatic carbocycles. The zero-order valence-electron chi connectivity index (χ0n) is 5.04. The predicted octanol–water partition coefficient (Wildman–Crippen LogP) is 0.171. The predicted molar refractivity (Wildman–Crippen MR) is 34.6 cm³/mol. The first-order valence-corrected chi connectivity index (χ1v) is 3.11. The van der Waals surface area contributed by atoms with E-state index in [4.69, 9.17) is 5.73 Å². The van der Waals surface area contributed by atoms with Crippen LogP contribution in [0.1, 0.15) is 12.8 Å². The highest BCUT2D eigenvalue weighted by Gasteiger charge is 2.30. The molecule has 0 saturated heterocycles. The summed E-state index contributed by atoms with van der Waals surface area (Å²) in [7, 11) is 0. The normalized spacial score (nSPS) is 24.9. The number of hydrogen-bond acceptors (Lipinski definition) is 2. The Morgan fingerprint density at radius 3 is 2.78 bits per heavy atom.